The van der Waals surface area contributed by atoms with Gasteiger partial charge in [0.1, 0.15) is 5.54 Å². The van der Waals surface area contributed by atoms with Gasteiger partial charge in [-0.05, 0) is 20.3 Å². The predicted molar refractivity (Wildman–Crippen MR) is 60.9 cm³/mol. The summed E-state index contributed by atoms with van der Waals surface area (Å²) in [6.45, 7) is 5.31. The maximum atomic E-state index is 11.4. The van der Waals surface area contributed by atoms with Crippen molar-refractivity contribution in [3.63, 3.8) is 0 Å². The van der Waals surface area contributed by atoms with Crippen molar-refractivity contribution in [3.05, 3.63) is 0 Å². The highest BCUT2D eigenvalue weighted by Crippen LogP contribution is 2.08. The van der Waals surface area contributed by atoms with Crippen LogP contribution in [-0.4, -0.2) is 29.2 Å². The average molecular weight is 226 g/mol. The van der Waals surface area contributed by atoms with E-state index in [9.17, 15) is 9.59 Å². The molecule has 1 unspecified atom stereocenters. The molecule has 0 rings (SSSR count). The fraction of sp³-hybridized carbons (Fsp3) is 0.636. The standard InChI is InChI=1S/C11H18N2O3/c1-4-6-7-8-12-10(16)13-11(3,5-2)9(14)15/h5,7-8H2,1-3H3,(H,14,15)(H2,12,13,16). The van der Waals surface area contributed by atoms with E-state index in [2.05, 4.69) is 22.5 Å². The van der Waals surface area contributed by atoms with Gasteiger partial charge in [-0.3, -0.25) is 0 Å². The van der Waals surface area contributed by atoms with Crippen molar-refractivity contribution in [2.75, 3.05) is 6.54 Å². The molecule has 0 spiro atoms. The molecule has 0 bridgehead atoms. The van der Waals surface area contributed by atoms with Crippen LogP contribution in [0.2, 0.25) is 0 Å². The van der Waals surface area contributed by atoms with E-state index in [-0.39, 0.29) is 0 Å². The minimum atomic E-state index is -1.22. The van der Waals surface area contributed by atoms with Crippen molar-refractivity contribution in [2.45, 2.75) is 39.2 Å². The molecule has 1 atom stereocenters. The second-order valence-corrected chi connectivity index (χ2v) is 3.55. The Hall–Kier alpha value is -1.70. The highest BCUT2D eigenvalue weighted by Gasteiger charge is 2.32. The molecule has 0 saturated heterocycles. The molecule has 0 aliphatic rings. The van der Waals surface area contributed by atoms with Crippen molar-refractivity contribution >= 4 is 12.0 Å². The molecule has 2 amide bonds. The summed E-state index contributed by atoms with van der Waals surface area (Å²) in [5, 5.41) is 13.9. The summed E-state index contributed by atoms with van der Waals surface area (Å²) in [6.07, 6.45) is 0.879. The van der Waals surface area contributed by atoms with E-state index < -0.39 is 17.5 Å². The van der Waals surface area contributed by atoms with Gasteiger partial charge in [0.2, 0.25) is 0 Å². The minimum absolute atomic E-state index is 0.324. The predicted octanol–water partition coefficient (Wildman–Crippen LogP) is 0.952. The van der Waals surface area contributed by atoms with Gasteiger partial charge in [0, 0.05) is 13.0 Å². The zero-order valence-electron chi connectivity index (χ0n) is 9.89. The van der Waals surface area contributed by atoms with Gasteiger partial charge in [0.15, 0.2) is 0 Å². The molecule has 5 heteroatoms. The van der Waals surface area contributed by atoms with E-state index in [0.717, 1.165) is 0 Å². The topological polar surface area (TPSA) is 78.4 Å². The lowest BCUT2D eigenvalue weighted by Crippen LogP contribution is -2.54. The molecule has 3 N–H and O–H groups in total. The monoisotopic (exact) mass is 226 g/mol. The van der Waals surface area contributed by atoms with Gasteiger partial charge in [-0.25, -0.2) is 9.59 Å². The smallest absolute Gasteiger partial charge is 0.329 e. The number of urea groups is 1. The largest absolute Gasteiger partial charge is 0.480 e. The van der Waals surface area contributed by atoms with Crippen LogP contribution in [0, 0.1) is 11.8 Å². The second kappa shape index (κ2) is 6.72. The molecular weight excluding hydrogens is 208 g/mol. The van der Waals surface area contributed by atoms with Crippen molar-refractivity contribution in [3.8, 4) is 11.8 Å². The van der Waals surface area contributed by atoms with Crippen molar-refractivity contribution in [1.29, 1.82) is 0 Å². The van der Waals surface area contributed by atoms with Crippen LogP contribution in [0.15, 0.2) is 0 Å². The highest BCUT2D eigenvalue weighted by atomic mass is 16.4. The van der Waals surface area contributed by atoms with Crippen LogP contribution in [0.25, 0.3) is 0 Å². The van der Waals surface area contributed by atoms with E-state index in [4.69, 9.17) is 5.11 Å². The number of amides is 2. The van der Waals surface area contributed by atoms with Crippen LogP contribution in [0.3, 0.4) is 0 Å². The zero-order valence-corrected chi connectivity index (χ0v) is 9.89. The van der Waals surface area contributed by atoms with Crippen LogP contribution in [-0.2, 0) is 4.79 Å². The number of carboxylic acids is 1. The second-order valence-electron chi connectivity index (χ2n) is 3.55. The van der Waals surface area contributed by atoms with E-state index in [1.807, 2.05) is 0 Å². The molecule has 0 aliphatic heterocycles. The first-order chi connectivity index (χ1) is 7.46. The van der Waals surface area contributed by atoms with Crippen LogP contribution in [0.5, 0.6) is 0 Å². The summed E-state index contributed by atoms with van der Waals surface area (Å²) >= 11 is 0. The third kappa shape index (κ3) is 4.69. The molecule has 0 heterocycles. The van der Waals surface area contributed by atoms with Crippen LogP contribution in [0.1, 0.15) is 33.6 Å². The van der Waals surface area contributed by atoms with E-state index in [0.29, 0.717) is 19.4 Å². The summed E-state index contributed by atoms with van der Waals surface area (Å²) in [5.41, 5.74) is -1.22. The molecule has 0 aromatic carbocycles. The quantitative estimate of drug-likeness (QED) is 0.482. The van der Waals surface area contributed by atoms with Crippen molar-refractivity contribution in [1.82, 2.24) is 10.6 Å². The Bertz CT molecular complexity index is 317. The number of hydrogen-bond acceptors (Lipinski definition) is 2. The van der Waals surface area contributed by atoms with Crippen LogP contribution >= 0.6 is 0 Å². The van der Waals surface area contributed by atoms with Gasteiger partial charge in [0.05, 0.1) is 0 Å². The number of carbonyl (C=O) groups excluding carboxylic acids is 1. The first kappa shape index (κ1) is 14.3. The molecule has 0 aromatic rings. The first-order valence-electron chi connectivity index (χ1n) is 5.15. The van der Waals surface area contributed by atoms with Gasteiger partial charge in [-0.15, -0.1) is 11.8 Å². The fourth-order valence-electron chi connectivity index (χ4n) is 0.951. The number of carbonyl (C=O) groups is 2. The van der Waals surface area contributed by atoms with Gasteiger partial charge in [-0.1, -0.05) is 6.92 Å². The summed E-state index contributed by atoms with van der Waals surface area (Å²) in [7, 11) is 0. The molecular formula is C11H18N2O3. The summed E-state index contributed by atoms with van der Waals surface area (Å²) < 4.78 is 0. The SMILES string of the molecule is CC#CCCNC(=O)NC(C)(CC)C(=O)O. The fourth-order valence-corrected chi connectivity index (χ4v) is 0.951. The Morgan fingerprint density at radius 2 is 2.06 bits per heavy atom. The molecule has 16 heavy (non-hydrogen) atoms. The number of aliphatic carboxylic acids is 1. The third-order valence-corrected chi connectivity index (χ3v) is 2.28. The molecule has 90 valence electrons. The lowest BCUT2D eigenvalue weighted by molar-refractivity contribution is -0.143. The molecule has 0 saturated carbocycles. The van der Waals surface area contributed by atoms with Gasteiger partial charge in [0.25, 0.3) is 0 Å². The maximum absolute atomic E-state index is 11.4. The van der Waals surface area contributed by atoms with Gasteiger partial charge < -0.3 is 15.7 Å². The highest BCUT2D eigenvalue weighted by molar-refractivity contribution is 5.85. The molecule has 0 aromatic heterocycles. The van der Waals surface area contributed by atoms with E-state index >= 15 is 0 Å². The summed E-state index contributed by atoms with van der Waals surface area (Å²) in [4.78, 5) is 22.3. The Kier molecular flexibility index (Phi) is 6.01. The average Bonchev–Trinajstić information content (AvgIpc) is 2.24. The van der Waals surface area contributed by atoms with Crippen molar-refractivity contribution in [2.24, 2.45) is 0 Å². The molecule has 0 fully saturated rings. The lowest BCUT2D eigenvalue weighted by Gasteiger charge is -2.24. The Balaban J connectivity index is 4.10. The minimum Gasteiger partial charge on any atom is -0.480 e. The zero-order chi connectivity index (χ0) is 12.6. The first-order valence-corrected chi connectivity index (χ1v) is 5.15. The number of carboxylic acid groups (broad SMARTS) is 1. The Labute approximate surface area is 95.6 Å². The maximum Gasteiger partial charge on any atom is 0.329 e. The molecule has 0 radical (unpaired) electrons. The summed E-state index contributed by atoms with van der Waals surface area (Å²) in [5.74, 6) is 4.45. The Morgan fingerprint density at radius 1 is 1.44 bits per heavy atom. The summed E-state index contributed by atoms with van der Waals surface area (Å²) in [6, 6.07) is -0.482. The van der Waals surface area contributed by atoms with Crippen molar-refractivity contribution < 1.29 is 14.7 Å². The van der Waals surface area contributed by atoms with Gasteiger partial charge >= 0.3 is 12.0 Å². The van der Waals surface area contributed by atoms with E-state index in [1.54, 1.807) is 13.8 Å². The Morgan fingerprint density at radius 3 is 2.50 bits per heavy atom. The third-order valence-electron chi connectivity index (χ3n) is 2.28. The molecule has 0 aliphatic carbocycles. The van der Waals surface area contributed by atoms with E-state index in [1.165, 1.54) is 6.92 Å². The number of rotatable bonds is 5. The number of nitrogens with one attached hydrogen (secondary N) is 2. The number of hydrogen-bond donors (Lipinski definition) is 3. The normalized spacial score (nSPS) is 12.9. The van der Waals surface area contributed by atoms with Crippen LogP contribution < -0.4 is 10.6 Å². The lowest BCUT2D eigenvalue weighted by atomic mass is 10.00. The van der Waals surface area contributed by atoms with Gasteiger partial charge in [-0.2, -0.15) is 0 Å². The van der Waals surface area contributed by atoms with Crippen LogP contribution in [0.4, 0.5) is 4.79 Å². The molecule has 5 nitrogen and oxygen atoms in total.